The molecule has 16 heteroatoms. The van der Waals surface area contributed by atoms with E-state index in [-0.39, 0.29) is 25.8 Å². The van der Waals surface area contributed by atoms with Crippen LogP contribution in [0.5, 0.6) is 6.01 Å². The van der Waals surface area contributed by atoms with Crippen molar-refractivity contribution < 1.29 is 67.3 Å². The average Bonchev–Trinajstić information content (AvgIpc) is 3.16. The summed E-state index contributed by atoms with van der Waals surface area (Å²) in [5.41, 5.74) is 0. The van der Waals surface area contributed by atoms with Gasteiger partial charge in [0.05, 0.1) is 26.4 Å². The molecule has 0 aliphatic carbocycles. The van der Waals surface area contributed by atoms with Crippen molar-refractivity contribution in [3.8, 4) is 6.01 Å². The van der Waals surface area contributed by atoms with Gasteiger partial charge in [0.15, 0.2) is 12.2 Å². The smallest absolute Gasteiger partial charge is 0.539 e. The van der Waals surface area contributed by atoms with Gasteiger partial charge in [-0.2, -0.15) is 9.56 Å². The average molecular weight is 476 g/mol. The van der Waals surface area contributed by atoms with Crippen LogP contribution in [0.4, 0.5) is 0 Å². The molecule has 0 spiro atoms. The molecule has 0 amide bonds. The lowest BCUT2D eigenvalue weighted by atomic mass is 10.2. The van der Waals surface area contributed by atoms with Gasteiger partial charge in [-0.05, 0) is 13.3 Å². The summed E-state index contributed by atoms with van der Waals surface area (Å²) >= 11 is 0. The molecule has 1 heterocycles. The highest BCUT2D eigenvalue weighted by molar-refractivity contribution is 6.50. The molecule has 1 N–H and O–H groups in total. The van der Waals surface area contributed by atoms with Gasteiger partial charge in [-0.3, -0.25) is 0 Å². The predicted octanol–water partition coefficient (Wildman–Crippen LogP) is -2.73. The van der Waals surface area contributed by atoms with Crippen LogP contribution in [-0.2, 0) is 49.4 Å². The van der Waals surface area contributed by atoms with Crippen molar-refractivity contribution in [1.29, 1.82) is 0 Å². The second kappa shape index (κ2) is 15.4. The lowest BCUT2D eigenvalue weighted by Crippen LogP contribution is -2.46. The summed E-state index contributed by atoms with van der Waals surface area (Å²) < 4.78 is 26.6. The SMILES string of the molecule is CCCCOCCOCCOOn1cc[n+](CC)c1OB(OC(=O)C(=O)[O-])OC(=O)C(=O)O. The quantitative estimate of drug-likeness (QED) is 0.0648. The molecule has 0 aliphatic heterocycles. The number of aliphatic carboxylic acids is 2. The number of carbonyl (C=O) groups excluding carboxylic acids is 3. The van der Waals surface area contributed by atoms with Crippen molar-refractivity contribution in [3.63, 3.8) is 0 Å². The first-order valence-corrected chi connectivity index (χ1v) is 9.88. The van der Waals surface area contributed by atoms with E-state index in [2.05, 4.69) is 16.2 Å². The van der Waals surface area contributed by atoms with Crippen molar-refractivity contribution in [2.24, 2.45) is 0 Å². The number of hydrogen-bond donors (Lipinski definition) is 1. The second-order valence-electron chi connectivity index (χ2n) is 5.98. The number of imidazole rings is 1. The number of unbranched alkanes of at least 4 members (excludes halogenated alkanes) is 1. The lowest BCUT2D eigenvalue weighted by molar-refractivity contribution is -0.698. The fraction of sp³-hybridized carbons (Fsp3) is 0.588. The van der Waals surface area contributed by atoms with Gasteiger partial charge in [0, 0.05) is 11.3 Å². The zero-order valence-corrected chi connectivity index (χ0v) is 18.1. The Bertz CT molecular complexity index is 757. The standard InChI is InChI=1S/C17H25BN2O13/c1-3-5-8-27-9-10-28-11-12-29-33-20-7-6-19(4-2)17(20)32-18(30-15(25)13(21)22)31-16(26)14(23)24/h6-7H,3-5,8-12H2,1-2H3,(H-,21,22,23,24). The number of carboxylic acid groups (broad SMARTS) is 2. The maximum atomic E-state index is 11.3. The molecule has 1 rings (SSSR count). The minimum atomic E-state index is -2.38. The number of carboxylic acids is 2. The first-order chi connectivity index (χ1) is 15.8. The van der Waals surface area contributed by atoms with E-state index in [1.165, 1.54) is 17.0 Å². The van der Waals surface area contributed by atoms with Crippen molar-refractivity contribution in [3.05, 3.63) is 12.4 Å². The number of hydrogen-bond acceptors (Lipinski definition) is 12. The fourth-order valence-electron chi connectivity index (χ4n) is 2.00. The van der Waals surface area contributed by atoms with Crippen LogP contribution >= 0.6 is 0 Å². The summed E-state index contributed by atoms with van der Waals surface area (Å²) in [5, 5.41) is 19.2. The maximum absolute atomic E-state index is 11.3. The Balaban J connectivity index is 2.64. The monoisotopic (exact) mass is 476 g/mol. The third-order valence-electron chi connectivity index (χ3n) is 3.56. The molecule has 0 fully saturated rings. The van der Waals surface area contributed by atoms with Gasteiger partial charge in [0.25, 0.3) is 0 Å². The highest BCUT2D eigenvalue weighted by Gasteiger charge is 2.41. The molecule has 0 atom stereocenters. The zero-order valence-electron chi connectivity index (χ0n) is 18.1. The largest absolute Gasteiger partial charge is 0.873 e. The third-order valence-corrected chi connectivity index (χ3v) is 3.56. The topological polar surface area (TPSA) is 185 Å². The molecule has 0 aliphatic rings. The van der Waals surface area contributed by atoms with E-state index >= 15 is 0 Å². The van der Waals surface area contributed by atoms with Gasteiger partial charge < -0.3 is 38.4 Å². The normalized spacial score (nSPS) is 10.4. The van der Waals surface area contributed by atoms with E-state index in [4.69, 9.17) is 29.1 Å². The molecule has 33 heavy (non-hydrogen) atoms. The summed E-state index contributed by atoms with van der Waals surface area (Å²) in [6, 6.07) is -0.294. The molecule has 0 saturated carbocycles. The zero-order chi connectivity index (χ0) is 24.6. The number of aromatic nitrogens is 2. The number of ether oxygens (including phenoxy) is 2. The van der Waals surface area contributed by atoms with Gasteiger partial charge in [-0.15, -0.1) is 4.89 Å². The van der Waals surface area contributed by atoms with Crippen LogP contribution in [0.2, 0.25) is 0 Å². The van der Waals surface area contributed by atoms with Gasteiger partial charge in [-0.1, -0.05) is 13.3 Å². The van der Waals surface area contributed by atoms with E-state index in [9.17, 15) is 24.3 Å². The molecule has 1 aromatic rings. The summed E-state index contributed by atoms with van der Waals surface area (Å²) in [4.78, 5) is 53.8. The summed E-state index contributed by atoms with van der Waals surface area (Å²) in [7, 11) is -2.38. The highest BCUT2D eigenvalue weighted by Crippen LogP contribution is 2.08. The van der Waals surface area contributed by atoms with Crippen molar-refractivity contribution >= 4 is 31.2 Å². The maximum Gasteiger partial charge on any atom is 0.873 e. The molecule has 0 bridgehead atoms. The predicted molar refractivity (Wildman–Crippen MR) is 101 cm³/mol. The van der Waals surface area contributed by atoms with Crippen LogP contribution in [0.3, 0.4) is 0 Å². The summed E-state index contributed by atoms with van der Waals surface area (Å²) in [5.74, 6) is -8.15. The Labute approximate surface area is 188 Å². The van der Waals surface area contributed by atoms with E-state index in [0.29, 0.717) is 19.8 Å². The van der Waals surface area contributed by atoms with E-state index in [1.54, 1.807) is 6.92 Å². The molecule has 0 aromatic carbocycles. The lowest BCUT2D eigenvalue weighted by Gasteiger charge is -2.12. The highest BCUT2D eigenvalue weighted by atomic mass is 17.3. The fourth-order valence-corrected chi connectivity index (χ4v) is 2.00. The Morgan fingerprint density at radius 2 is 1.67 bits per heavy atom. The summed E-state index contributed by atoms with van der Waals surface area (Å²) in [6.07, 6.45) is 4.74. The first kappa shape index (κ1) is 27.7. The molecular weight excluding hydrogens is 451 g/mol. The molecule has 15 nitrogen and oxygen atoms in total. The third kappa shape index (κ3) is 10.7. The minimum absolute atomic E-state index is 0.00416. The van der Waals surface area contributed by atoms with Gasteiger partial charge in [0.1, 0.15) is 12.8 Å². The van der Waals surface area contributed by atoms with Crippen LogP contribution in [0.15, 0.2) is 12.4 Å². The molecule has 0 unspecified atom stereocenters. The minimum Gasteiger partial charge on any atom is -0.539 e. The molecular formula is C17H25BN2O13. The van der Waals surface area contributed by atoms with Crippen molar-refractivity contribution in [2.75, 3.05) is 33.0 Å². The molecule has 0 radical (unpaired) electrons. The Kier molecular flexibility index (Phi) is 12.9. The van der Waals surface area contributed by atoms with Gasteiger partial charge >= 0.3 is 31.2 Å². The Hall–Kier alpha value is -3.37. The van der Waals surface area contributed by atoms with Crippen molar-refractivity contribution in [2.45, 2.75) is 33.2 Å². The first-order valence-electron chi connectivity index (χ1n) is 9.88. The van der Waals surface area contributed by atoms with Gasteiger partial charge in [-0.25, -0.2) is 14.4 Å². The van der Waals surface area contributed by atoms with Crippen molar-refractivity contribution in [1.82, 2.24) is 4.73 Å². The Morgan fingerprint density at radius 1 is 1.03 bits per heavy atom. The molecule has 184 valence electrons. The number of rotatable bonds is 16. The van der Waals surface area contributed by atoms with Crippen LogP contribution in [0.1, 0.15) is 26.7 Å². The summed E-state index contributed by atoms with van der Waals surface area (Å²) in [6.45, 7) is 5.63. The van der Waals surface area contributed by atoms with Crippen LogP contribution < -0.4 is 19.3 Å². The van der Waals surface area contributed by atoms with Crippen LogP contribution in [0.25, 0.3) is 0 Å². The number of nitrogens with zero attached hydrogens (tertiary/aromatic N) is 2. The van der Waals surface area contributed by atoms with Gasteiger partial charge in [0.2, 0.25) is 0 Å². The molecule has 1 aromatic heterocycles. The second-order valence-corrected chi connectivity index (χ2v) is 5.98. The van der Waals surface area contributed by atoms with Crippen LogP contribution in [0, 0.1) is 0 Å². The molecule has 0 saturated heterocycles. The van der Waals surface area contributed by atoms with E-state index in [0.717, 1.165) is 17.6 Å². The van der Waals surface area contributed by atoms with Crippen LogP contribution in [-0.4, -0.2) is 74.1 Å². The van der Waals surface area contributed by atoms with E-state index in [1.807, 2.05) is 0 Å². The Morgan fingerprint density at radius 3 is 2.27 bits per heavy atom. The van der Waals surface area contributed by atoms with E-state index < -0.39 is 31.2 Å². The number of aryl methyl sites for hydroxylation is 1. The number of carbonyl (C=O) groups is 4.